The fourth-order valence-corrected chi connectivity index (χ4v) is 4.64. The van der Waals surface area contributed by atoms with Crippen LogP contribution in [0.15, 0.2) is 72.8 Å². The highest BCUT2D eigenvalue weighted by Gasteiger charge is 2.29. The zero-order valence-corrected chi connectivity index (χ0v) is 21.2. The molecular formula is C30H34F2N2O2. The SMILES string of the molecule is CC(C)(C)OC(=O)N(CCN1Cc2ccc(F)cc2CC1Cc1ccc(F)cc1)Cc1ccccc1. The van der Waals surface area contributed by atoms with Gasteiger partial charge in [-0.05, 0) is 80.1 Å². The van der Waals surface area contributed by atoms with Gasteiger partial charge in [0.15, 0.2) is 0 Å². The fraction of sp³-hybridized carbons (Fsp3) is 0.367. The lowest BCUT2D eigenvalue weighted by Gasteiger charge is -2.38. The molecule has 6 heteroatoms. The Morgan fingerprint density at radius 3 is 2.33 bits per heavy atom. The van der Waals surface area contributed by atoms with Crippen molar-refractivity contribution in [3.63, 3.8) is 0 Å². The zero-order valence-electron chi connectivity index (χ0n) is 21.2. The summed E-state index contributed by atoms with van der Waals surface area (Å²) in [6.07, 6.45) is 1.05. The Morgan fingerprint density at radius 2 is 1.64 bits per heavy atom. The first kappa shape index (κ1) is 25.8. The van der Waals surface area contributed by atoms with Crippen molar-refractivity contribution in [2.24, 2.45) is 0 Å². The lowest BCUT2D eigenvalue weighted by atomic mass is 9.90. The molecule has 3 aromatic rings. The van der Waals surface area contributed by atoms with Crippen LogP contribution in [0.2, 0.25) is 0 Å². The van der Waals surface area contributed by atoms with Gasteiger partial charge in [0.05, 0.1) is 0 Å². The first-order chi connectivity index (χ1) is 17.2. The minimum Gasteiger partial charge on any atom is -0.444 e. The summed E-state index contributed by atoms with van der Waals surface area (Å²) in [5, 5.41) is 0. The molecule has 1 amide bonds. The van der Waals surface area contributed by atoms with Crippen molar-refractivity contribution in [1.82, 2.24) is 9.80 Å². The van der Waals surface area contributed by atoms with Gasteiger partial charge in [0.25, 0.3) is 0 Å². The molecule has 0 aromatic heterocycles. The molecule has 0 radical (unpaired) electrons. The highest BCUT2D eigenvalue weighted by atomic mass is 19.1. The summed E-state index contributed by atoms with van der Waals surface area (Å²) >= 11 is 0. The van der Waals surface area contributed by atoms with Crippen LogP contribution in [0.4, 0.5) is 13.6 Å². The van der Waals surface area contributed by atoms with Crippen molar-refractivity contribution < 1.29 is 18.3 Å². The quantitative estimate of drug-likeness (QED) is 0.384. The smallest absolute Gasteiger partial charge is 0.410 e. The molecular weight excluding hydrogens is 458 g/mol. The monoisotopic (exact) mass is 492 g/mol. The van der Waals surface area contributed by atoms with Gasteiger partial charge in [-0.15, -0.1) is 0 Å². The number of hydrogen-bond acceptors (Lipinski definition) is 3. The molecule has 1 heterocycles. The van der Waals surface area contributed by atoms with Crippen LogP contribution in [0.1, 0.15) is 43.0 Å². The Kier molecular flexibility index (Phi) is 8.04. The second-order valence-electron chi connectivity index (χ2n) is 10.5. The maximum Gasteiger partial charge on any atom is 0.410 e. The average Bonchev–Trinajstić information content (AvgIpc) is 2.82. The molecule has 0 saturated heterocycles. The standard InChI is InChI=1S/C30H34F2N2O2/c1-30(2,3)36-29(35)34(20-23-7-5-4-6-8-23)16-15-33-21-24-11-14-27(32)18-25(24)19-28(33)17-22-9-12-26(31)13-10-22/h4-14,18,28H,15-17,19-21H2,1-3H3. The molecule has 0 saturated carbocycles. The Bertz CT molecular complexity index is 1160. The van der Waals surface area contributed by atoms with Crippen LogP contribution < -0.4 is 0 Å². The number of halogens is 2. The van der Waals surface area contributed by atoms with E-state index in [-0.39, 0.29) is 23.8 Å². The zero-order chi connectivity index (χ0) is 25.7. The number of ether oxygens (including phenoxy) is 1. The van der Waals surface area contributed by atoms with E-state index >= 15 is 0 Å². The van der Waals surface area contributed by atoms with Crippen LogP contribution >= 0.6 is 0 Å². The van der Waals surface area contributed by atoms with Gasteiger partial charge < -0.3 is 9.64 Å². The van der Waals surface area contributed by atoms with Gasteiger partial charge in [0.1, 0.15) is 17.2 Å². The van der Waals surface area contributed by atoms with Crippen molar-refractivity contribution in [2.45, 2.75) is 58.3 Å². The van der Waals surface area contributed by atoms with Crippen molar-refractivity contribution in [2.75, 3.05) is 13.1 Å². The summed E-state index contributed by atoms with van der Waals surface area (Å²) in [6, 6.07) is 21.5. The van der Waals surface area contributed by atoms with E-state index < -0.39 is 5.60 Å². The number of carbonyl (C=O) groups is 1. The summed E-state index contributed by atoms with van der Waals surface area (Å²) in [6.45, 7) is 7.83. The van der Waals surface area contributed by atoms with E-state index in [1.54, 1.807) is 23.1 Å². The van der Waals surface area contributed by atoms with E-state index in [1.165, 1.54) is 18.2 Å². The number of nitrogens with zero attached hydrogens (tertiary/aromatic N) is 2. The lowest BCUT2D eigenvalue weighted by Crippen LogP contribution is -2.47. The number of carbonyl (C=O) groups excluding carboxylic acids is 1. The maximum absolute atomic E-state index is 14.0. The van der Waals surface area contributed by atoms with Crippen molar-refractivity contribution in [3.05, 3.63) is 107 Å². The average molecular weight is 493 g/mol. The van der Waals surface area contributed by atoms with Crippen LogP contribution in [0.3, 0.4) is 0 Å². The van der Waals surface area contributed by atoms with Gasteiger partial charge in [-0.25, -0.2) is 13.6 Å². The second kappa shape index (κ2) is 11.2. The Hall–Kier alpha value is -3.25. The first-order valence-electron chi connectivity index (χ1n) is 12.4. The molecule has 4 nitrogen and oxygen atoms in total. The third-order valence-corrected chi connectivity index (χ3v) is 6.42. The normalized spacial score (nSPS) is 15.9. The molecule has 0 bridgehead atoms. The van der Waals surface area contributed by atoms with Crippen LogP contribution in [-0.2, 0) is 30.7 Å². The summed E-state index contributed by atoms with van der Waals surface area (Å²) in [5.74, 6) is -0.498. The Balaban J connectivity index is 1.53. The van der Waals surface area contributed by atoms with E-state index in [9.17, 15) is 13.6 Å². The van der Waals surface area contributed by atoms with Gasteiger partial charge in [-0.1, -0.05) is 48.5 Å². The van der Waals surface area contributed by atoms with Gasteiger partial charge in [0, 0.05) is 32.2 Å². The fourth-order valence-electron chi connectivity index (χ4n) is 4.64. The van der Waals surface area contributed by atoms with Gasteiger partial charge in [-0.2, -0.15) is 0 Å². The number of rotatable bonds is 7. The van der Waals surface area contributed by atoms with E-state index in [0.29, 0.717) is 39.0 Å². The van der Waals surface area contributed by atoms with E-state index in [2.05, 4.69) is 4.90 Å². The molecule has 1 aliphatic heterocycles. The van der Waals surface area contributed by atoms with E-state index in [1.807, 2.05) is 57.2 Å². The van der Waals surface area contributed by atoms with Gasteiger partial charge in [0.2, 0.25) is 0 Å². The van der Waals surface area contributed by atoms with Crippen LogP contribution in [-0.4, -0.2) is 40.6 Å². The van der Waals surface area contributed by atoms with E-state index in [0.717, 1.165) is 22.3 Å². The minimum atomic E-state index is -0.592. The molecule has 1 unspecified atom stereocenters. The number of fused-ring (bicyclic) bond motifs is 1. The van der Waals surface area contributed by atoms with E-state index in [4.69, 9.17) is 4.74 Å². The lowest BCUT2D eigenvalue weighted by molar-refractivity contribution is 0.0198. The second-order valence-corrected chi connectivity index (χ2v) is 10.5. The predicted molar refractivity (Wildman–Crippen MR) is 137 cm³/mol. The number of hydrogen-bond donors (Lipinski definition) is 0. The molecule has 36 heavy (non-hydrogen) atoms. The third kappa shape index (κ3) is 7.14. The molecule has 0 aliphatic carbocycles. The highest BCUT2D eigenvalue weighted by molar-refractivity contribution is 5.68. The molecule has 0 spiro atoms. The topological polar surface area (TPSA) is 32.8 Å². The van der Waals surface area contributed by atoms with Crippen molar-refractivity contribution in [1.29, 1.82) is 0 Å². The van der Waals surface area contributed by atoms with Crippen molar-refractivity contribution >= 4 is 6.09 Å². The number of benzene rings is 3. The van der Waals surface area contributed by atoms with Gasteiger partial charge >= 0.3 is 6.09 Å². The Labute approximate surface area is 212 Å². The van der Waals surface area contributed by atoms with Gasteiger partial charge in [-0.3, -0.25) is 4.90 Å². The largest absolute Gasteiger partial charge is 0.444 e. The molecule has 3 aromatic carbocycles. The minimum absolute atomic E-state index is 0.0990. The molecule has 1 atom stereocenters. The maximum atomic E-state index is 14.0. The third-order valence-electron chi connectivity index (χ3n) is 6.42. The van der Waals surface area contributed by atoms with Crippen LogP contribution in [0, 0.1) is 11.6 Å². The molecule has 1 aliphatic rings. The number of amides is 1. The summed E-state index contributed by atoms with van der Waals surface area (Å²) in [4.78, 5) is 17.2. The van der Waals surface area contributed by atoms with Crippen LogP contribution in [0.5, 0.6) is 0 Å². The molecule has 4 rings (SSSR count). The predicted octanol–water partition coefficient (Wildman–Crippen LogP) is 6.37. The first-order valence-corrected chi connectivity index (χ1v) is 12.4. The summed E-state index contributed by atoms with van der Waals surface area (Å²) in [7, 11) is 0. The van der Waals surface area contributed by atoms with Crippen molar-refractivity contribution in [3.8, 4) is 0 Å². The summed E-state index contributed by atoms with van der Waals surface area (Å²) in [5.41, 5.74) is 3.57. The van der Waals surface area contributed by atoms with Crippen LogP contribution in [0.25, 0.3) is 0 Å². The molecule has 0 fully saturated rings. The highest BCUT2D eigenvalue weighted by Crippen LogP contribution is 2.27. The Morgan fingerprint density at radius 1 is 0.944 bits per heavy atom. The molecule has 0 N–H and O–H groups in total. The summed E-state index contributed by atoms with van der Waals surface area (Å²) < 4.78 is 33.1. The molecule has 190 valence electrons.